The first-order valence-corrected chi connectivity index (χ1v) is 6.19. The topological polar surface area (TPSA) is 60.9 Å². The first-order valence-electron chi connectivity index (χ1n) is 6.19. The summed E-state index contributed by atoms with van der Waals surface area (Å²) in [5.41, 5.74) is 0.684. The van der Waals surface area contributed by atoms with Gasteiger partial charge in [0.25, 0.3) is 0 Å². The van der Waals surface area contributed by atoms with Crippen molar-refractivity contribution in [3.05, 3.63) is 35.9 Å². The molecule has 0 radical (unpaired) electrons. The van der Waals surface area contributed by atoms with Crippen LogP contribution in [0.3, 0.4) is 0 Å². The maximum atomic E-state index is 11.8. The molecule has 5 heteroatoms. The number of carbonyl (C=O) groups excluding carboxylic acids is 1. The van der Waals surface area contributed by atoms with E-state index in [0.717, 1.165) is 0 Å². The summed E-state index contributed by atoms with van der Waals surface area (Å²) in [5, 5.41) is 9.41. The number of carbonyl (C=O) groups is 2. The predicted octanol–water partition coefficient (Wildman–Crippen LogP) is 1.22. The Hall–Kier alpha value is -1.88. The average molecular weight is 264 g/mol. The van der Waals surface area contributed by atoms with Crippen molar-refractivity contribution in [3.63, 3.8) is 0 Å². The first-order chi connectivity index (χ1) is 8.97. The molecule has 0 aromatic heterocycles. The number of hydrogen-bond acceptors (Lipinski definition) is 3. The molecule has 1 unspecified atom stereocenters. The zero-order valence-corrected chi connectivity index (χ0v) is 11.5. The Morgan fingerprint density at radius 3 is 2.21 bits per heavy atom. The van der Waals surface area contributed by atoms with Gasteiger partial charge in [0.15, 0.2) is 0 Å². The van der Waals surface area contributed by atoms with Crippen LogP contribution in [0.15, 0.2) is 30.3 Å². The van der Waals surface area contributed by atoms with Gasteiger partial charge < -0.3 is 10.0 Å². The van der Waals surface area contributed by atoms with Crippen molar-refractivity contribution in [2.45, 2.75) is 13.0 Å². The van der Waals surface area contributed by atoms with Gasteiger partial charge in [-0.15, -0.1) is 0 Å². The number of aliphatic carboxylic acids is 1. The number of amides is 1. The van der Waals surface area contributed by atoms with E-state index in [9.17, 15) is 14.7 Å². The summed E-state index contributed by atoms with van der Waals surface area (Å²) in [6.45, 7) is 2.43. The summed E-state index contributed by atoms with van der Waals surface area (Å²) in [6, 6.07) is 8.17. The summed E-state index contributed by atoms with van der Waals surface area (Å²) in [4.78, 5) is 26.4. The van der Waals surface area contributed by atoms with Crippen molar-refractivity contribution in [3.8, 4) is 0 Å². The van der Waals surface area contributed by atoms with Crippen molar-refractivity contribution in [2.24, 2.45) is 0 Å². The van der Waals surface area contributed by atoms with E-state index in [2.05, 4.69) is 0 Å². The molecule has 1 atom stereocenters. The van der Waals surface area contributed by atoms with Gasteiger partial charge in [0.05, 0.1) is 6.54 Å². The minimum absolute atomic E-state index is 0.0926. The van der Waals surface area contributed by atoms with E-state index < -0.39 is 12.0 Å². The van der Waals surface area contributed by atoms with Crippen molar-refractivity contribution in [1.29, 1.82) is 0 Å². The zero-order chi connectivity index (χ0) is 14.4. The van der Waals surface area contributed by atoms with Crippen LogP contribution in [-0.2, 0) is 9.59 Å². The van der Waals surface area contributed by atoms with Crippen LogP contribution in [0, 0.1) is 0 Å². The number of carboxylic acids is 1. The van der Waals surface area contributed by atoms with E-state index in [1.165, 1.54) is 4.90 Å². The molecule has 0 aliphatic rings. The number of rotatable bonds is 6. The third-order valence-electron chi connectivity index (χ3n) is 2.96. The highest BCUT2D eigenvalue weighted by Crippen LogP contribution is 2.20. The van der Waals surface area contributed by atoms with E-state index in [-0.39, 0.29) is 12.5 Å². The molecule has 1 N–H and O–H groups in total. The zero-order valence-electron chi connectivity index (χ0n) is 11.5. The molecule has 104 valence electrons. The molecule has 0 fully saturated rings. The van der Waals surface area contributed by atoms with Crippen LogP contribution in [0.25, 0.3) is 0 Å². The Morgan fingerprint density at radius 2 is 1.79 bits per heavy atom. The maximum Gasteiger partial charge on any atom is 0.325 e. The lowest BCUT2D eigenvalue weighted by molar-refractivity contribution is -0.144. The fraction of sp³-hybridized carbons (Fsp3) is 0.429. The van der Waals surface area contributed by atoms with Gasteiger partial charge >= 0.3 is 5.97 Å². The molecule has 5 nitrogen and oxygen atoms in total. The van der Waals surface area contributed by atoms with Gasteiger partial charge in [0.2, 0.25) is 5.91 Å². The lowest BCUT2D eigenvalue weighted by Gasteiger charge is -2.28. The van der Waals surface area contributed by atoms with Crippen molar-refractivity contribution in [1.82, 2.24) is 9.80 Å². The smallest absolute Gasteiger partial charge is 0.325 e. The molecule has 1 amide bonds. The molecule has 0 bridgehead atoms. The van der Waals surface area contributed by atoms with E-state index in [1.54, 1.807) is 43.3 Å². The van der Waals surface area contributed by atoms with Gasteiger partial charge in [-0.05, 0) is 12.1 Å². The number of nitrogens with zero attached hydrogens (tertiary/aromatic N) is 2. The Kier molecular flexibility index (Phi) is 5.51. The Balaban J connectivity index is 2.96. The largest absolute Gasteiger partial charge is 0.480 e. The fourth-order valence-electron chi connectivity index (χ4n) is 1.85. The van der Waals surface area contributed by atoms with Crippen LogP contribution in [0.1, 0.15) is 18.5 Å². The standard InChI is InChI=1S/C14H20N2O3/c1-4-16(10-12(17)15(2)3)13(14(18)19)11-8-6-5-7-9-11/h5-9,13H,4,10H2,1-3H3,(H,18,19). The molecule has 19 heavy (non-hydrogen) atoms. The molecule has 1 aromatic carbocycles. The van der Waals surface area contributed by atoms with Crippen molar-refractivity contribution in [2.75, 3.05) is 27.2 Å². The number of hydrogen-bond donors (Lipinski definition) is 1. The monoisotopic (exact) mass is 264 g/mol. The van der Waals surface area contributed by atoms with Crippen LogP contribution in [0.4, 0.5) is 0 Å². The van der Waals surface area contributed by atoms with Crippen molar-refractivity contribution < 1.29 is 14.7 Å². The van der Waals surface area contributed by atoms with Gasteiger partial charge in [-0.1, -0.05) is 37.3 Å². The Morgan fingerprint density at radius 1 is 1.21 bits per heavy atom. The normalized spacial score (nSPS) is 12.2. The second-order valence-corrected chi connectivity index (χ2v) is 4.50. The van der Waals surface area contributed by atoms with Gasteiger partial charge in [-0.2, -0.15) is 0 Å². The minimum atomic E-state index is -0.945. The second kappa shape index (κ2) is 6.89. The molecule has 0 saturated heterocycles. The summed E-state index contributed by atoms with van der Waals surface area (Å²) in [6.07, 6.45) is 0. The van der Waals surface area contributed by atoms with Crippen LogP contribution >= 0.6 is 0 Å². The van der Waals surface area contributed by atoms with Crippen molar-refractivity contribution >= 4 is 11.9 Å². The molecule has 0 heterocycles. The predicted molar refractivity (Wildman–Crippen MR) is 72.8 cm³/mol. The summed E-state index contributed by atoms with van der Waals surface area (Å²) < 4.78 is 0. The molecule has 0 saturated carbocycles. The quantitative estimate of drug-likeness (QED) is 0.839. The highest BCUT2D eigenvalue weighted by Gasteiger charge is 2.28. The molecule has 0 aliphatic carbocycles. The third kappa shape index (κ3) is 4.06. The molecule has 0 aliphatic heterocycles. The lowest BCUT2D eigenvalue weighted by Crippen LogP contribution is -2.41. The maximum absolute atomic E-state index is 11.8. The van der Waals surface area contributed by atoms with Crippen LogP contribution in [0.5, 0.6) is 0 Å². The van der Waals surface area contributed by atoms with Gasteiger partial charge in [0, 0.05) is 14.1 Å². The third-order valence-corrected chi connectivity index (χ3v) is 2.96. The highest BCUT2D eigenvalue weighted by atomic mass is 16.4. The van der Waals surface area contributed by atoms with E-state index in [1.807, 2.05) is 13.0 Å². The molecule has 1 rings (SSSR count). The molecular weight excluding hydrogens is 244 g/mol. The van der Waals surface area contributed by atoms with Gasteiger partial charge in [-0.25, -0.2) is 0 Å². The van der Waals surface area contributed by atoms with Crippen LogP contribution in [0.2, 0.25) is 0 Å². The Bertz CT molecular complexity index is 432. The lowest BCUT2D eigenvalue weighted by atomic mass is 10.1. The molecule has 1 aromatic rings. The summed E-state index contributed by atoms with van der Waals surface area (Å²) >= 11 is 0. The Labute approximate surface area is 113 Å². The van der Waals surface area contributed by atoms with Gasteiger partial charge in [-0.3, -0.25) is 14.5 Å². The van der Waals surface area contributed by atoms with Gasteiger partial charge in [0.1, 0.15) is 6.04 Å². The fourth-order valence-corrected chi connectivity index (χ4v) is 1.85. The van der Waals surface area contributed by atoms with E-state index >= 15 is 0 Å². The second-order valence-electron chi connectivity index (χ2n) is 4.50. The minimum Gasteiger partial charge on any atom is -0.480 e. The van der Waals surface area contributed by atoms with E-state index in [4.69, 9.17) is 0 Å². The number of benzene rings is 1. The summed E-state index contributed by atoms with van der Waals surface area (Å²) in [5.74, 6) is -1.05. The molecule has 0 spiro atoms. The van der Waals surface area contributed by atoms with E-state index in [0.29, 0.717) is 12.1 Å². The number of likely N-dealkylation sites (N-methyl/N-ethyl adjacent to an activating group) is 2. The highest BCUT2D eigenvalue weighted by molar-refractivity contribution is 5.80. The summed E-state index contributed by atoms with van der Waals surface area (Å²) in [7, 11) is 3.32. The SMILES string of the molecule is CCN(CC(=O)N(C)C)C(C(=O)O)c1ccccc1. The molecular formula is C14H20N2O3. The van der Waals surface area contributed by atoms with Crippen LogP contribution in [-0.4, -0.2) is 54.0 Å². The first kappa shape index (κ1) is 15.2. The number of carboxylic acid groups (broad SMARTS) is 1. The van der Waals surface area contributed by atoms with Crippen LogP contribution < -0.4 is 0 Å². The average Bonchev–Trinajstić information content (AvgIpc) is 2.38.